The molecule has 1 aromatic rings. The molecular formula is C9H7BrF2INO2. The summed E-state index contributed by atoms with van der Waals surface area (Å²) in [5, 5.41) is 8.87. The first-order valence-corrected chi connectivity index (χ1v) is 6.39. The normalized spacial score (nSPS) is 10.8. The summed E-state index contributed by atoms with van der Waals surface area (Å²) in [6.45, 7) is 0. The standard InChI is InChI=1S/C9H7BrF2INO2/c10-2-5-7(13)4(1-6(15)16)3-14-8(5)9(11)12/h3,9H,1-2H2,(H,15,16). The summed E-state index contributed by atoms with van der Waals surface area (Å²) in [5.74, 6) is -1.01. The molecule has 0 bridgehead atoms. The summed E-state index contributed by atoms with van der Waals surface area (Å²) in [4.78, 5) is 14.2. The number of carboxylic acids is 1. The largest absolute Gasteiger partial charge is 0.481 e. The summed E-state index contributed by atoms with van der Waals surface area (Å²) in [6, 6.07) is 0. The number of aliphatic carboxylic acids is 1. The van der Waals surface area contributed by atoms with Gasteiger partial charge in [0.15, 0.2) is 0 Å². The predicted molar refractivity (Wildman–Crippen MR) is 65.9 cm³/mol. The lowest BCUT2D eigenvalue weighted by atomic mass is 10.1. The second-order valence-corrected chi connectivity index (χ2v) is 4.61. The van der Waals surface area contributed by atoms with Gasteiger partial charge in [0.1, 0.15) is 5.69 Å². The number of nitrogens with zero attached hydrogens (tertiary/aromatic N) is 1. The molecule has 0 saturated heterocycles. The zero-order valence-corrected chi connectivity index (χ0v) is 11.6. The maximum absolute atomic E-state index is 12.6. The highest BCUT2D eigenvalue weighted by molar-refractivity contribution is 14.1. The van der Waals surface area contributed by atoms with Gasteiger partial charge in [-0.05, 0) is 28.2 Å². The Morgan fingerprint density at radius 2 is 2.25 bits per heavy atom. The topological polar surface area (TPSA) is 50.2 Å². The fourth-order valence-corrected chi connectivity index (χ4v) is 3.08. The minimum atomic E-state index is -2.65. The molecule has 1 heterocycles. The van der Waals surface area contributed by atoms with E-state index in [9.17, 15) is 13.6 Å². The van der Waals surface area contributed by atoms with E-state index in [0.717, 1.165) is 0 Å². The quantitative estimate of drug-likeness (QED) is 0.618. The molecule has 0 amide bonds. The fourth-order valence-electron chi connectivity index (χ4n) is 1.19. The molecule has 7 heteroatoms. The molecule has 1 aromatic heterocycles. The van der Waals surface area contributed by atoms with Crippen LogP contribution in [0.25, 0.3) is 0 Å². The molecule has 0 spiro atoms. The average molecular weight is 406 g/mol. The molecule has 88 valence electrons. The van der Waals surface area contributed by atoms with E-state index in [1.54, 1.807) is 0 Å². The van der Waals surface area contributed by atoms with Crippen LogP contribution >= 0.6 is 38.5 Å². The lowest BCUT2D eigenvalue weighted by Gasteiger charge is -2.10. The van der Waals surface area contributed by atoms with Crippen molar-refractivity contribution in [2.24, 2.45) is 0 Å². The lowest BCUT2D eigenvalue weighted by molar-refractivity contribution is -0.136. The second kappa shape index (κ2) is 5.85. The molecule has 0 radical (unpaired) electrons. The van der Waals surface area contributed by atoms with Crippen LogP contribution < -0.4 is 0 Å². The van der Waals surface area contributed by atoms with Gasteiger partial charge >= 0.3 is 5.97 Å². The number of carboxylic acid groups (broad SMARTS) is 1. The van der Waals surface area contributed by atoms with Gasteiger partial charge in [-0.2, -0.15) is 0 Å². The first-order valence-electron chi connectivity index (χ1n) is 4.19. The molecule has 0 fully saturated rings. The predicted octanol–water partition coefficient (Wildman–Crippen LogP) is 3.15. The van der Waals surface area contributed by atoms with E-state index in [1.165, 1.54) is 6.20 Å². The van der Waals surface area contributed by atoms with Gasteiger partial charge in [-0.25, -0.2) is 8.78 Å². The first kappa shape index (κ1) is 13.8. The highest BCUT2D eigenvalue weighted by Crippen LogP contribution is 2.28. The highest BCUT2D eigenvalue weighted by Gasteiger charge is 2.19. The van der Waals surface area contributed by atoms with Gasteiger partial charge in [0.2, 0.25) is 0 Å². The SMILES string of the molecule is O=C(O)Cc1cnc(C(F)F)c(CBr)c1I. The van der Waals surface area contributed by atoms with Crippen molar-refractivity contribution in [2.45, 2.75) is 18.2 Å². The van der Waals surface area contributed by atoms with Crippen molar-refractivity contribution in [3.8, 4) is 0 Å². The zero-order valence-electron chi connectivity index (χ0n) is 7.88. The number of carbonyl (C=O) groups is 1. The molecule has 16 heavy (non-hydrogen) atoms. The third-order valence-corrected chi connectivity index (χ3v) is 3.80. The first-order chi connectivity index (χ1) is 7.47. The van der Waals surface area contributed by atoms with Crippen LogP contribution in [0.2, 0.25) is 0 Å². The Morgan fingerprint density at radius 1 is 1.62 bits per heavy atom. The molecule has 1 N–H and O–H groups in total. The van der Waals surface area contributed by atoms with Crippen LogP contribution in [-0.2, 0) is 16.5 Å². The van der Waals surface area contributed by atoms with Crippen molar-refractivity contribution in [3.63, 3.8) is 0 Å². The van der Waals surface area contributed by atoms with Gasteiger partial charge in [-0.3, -0.25) is 9.78 Å². The summed E-state index contributed by atoms with van der Waals surface area (Å²) >= 11 is 4.97. The molecule has 0 unspecified atom stereocenters. The van der Waals surface area contributed by atoms with Crippen LogP contribution in [-0.4, -0.2) is 16.1 Å². The van der Waals surface area contributed by atoms with Crippen molar-refractivity contribution in [3.05, 3.63) is 26.6 Å². The van der Waals surface area contributed by atoms with Gasteiger partial charge in [0.25, 0.3) is 6.43 Å². The number of pyridine rings is 1. The van der Waals surface area contributed by atoms with E-state index in [1.807, 2.05) is 22.6 Å². The van der Waals surface area contributed by atoms with Crippen molar-refractivity contribution in [1.29, 1.82) is 0 Å². The van der Waals surface area contributed by atoms with Gasteiger partial charge in [0.05, 0.1) is 6.42 Å². The van der Waals surface area contributed by atoms with Crippen LogP contribution in [0.4, 0.5) is 8.78 Å². The molecule has 1 rings (SSSR count). The number of hydrogen-bond acceptors (Lipinski definition) is 2. The van der Waals surface area contributed by atoms with Crippen LogP contribution in [0.3, 0.4) is 0 Å². The molecule has 0 aliphatic carbocycles. The average Bonchev–Trinajstić information content (AvgIpc) is 2.19. The van der Waals surface area contributed by atoms with E-state index >= 15 is 0 Å². The summed E-state index contributed by atoms with van der Waals surface area (Å²) in [5.41, 5.74) is 0.511. The number of rotatable bonds is 4. The lowest BCUT2D eigenvalue weighted by Crippen LogP contribution is -2.08. The summed E-state index contributed by atoms with van der Waals surface area (Å²) in [6.07, 6.45) is -1.67. The van der Waals surface area contributed by atoms with Crippen molar-refractivity contribution in [2.75, 3.05) is 0 Å². The Hall–Kier alpha value is -0.310. The van der Waals surface area contributed by atoms with Gasteiger partial charge in [-0.1, -0.05) is 15.9 Å². The molecule has 0 aromatic carbocycles. The minimum Gasteiger partial charge on any atom is -0.481 e. The number of halogens is 4. The van der Waals surface area contributed by atoms with Gasteiger partial charge in [-0.15, -0.1) is 0 Å². The van der Waals surface area contributed by atoms with E-state index in [0.29, 0.717) is 14.7 Å². The maximum atomic E-state index is 12.6. The zero-order chi connectivity index (χ0) is 12.3. The monoisotopic (exact) mass is 405 g/mol. The molecular weight excluding hydrogens is 399 g/mol. The van der Waals surface area contributed by atoms with E-state index < -0.39 is 12.4 Å². The highest BCUT2D eigenvalue weighted by atomic mass is 127. The molecule has 0 aliphatic rings. The summed E-state index contributed by atoms with van der Waals surface area (Å²) in [7, 11) is 0. The van der Waals surface area contributed by atoms with Crippen molar-refractivity contribution >= 4 is 44.5 Å². The van der Waals surface area contributed by atoms with Crippen molar-refractivity contribution in [1.82, 2.24) is 4.98 Å². The molecule has 0 atom stereocenters. The molecule has 0 saturated carbocycles. The Labute approximate surface area is 113 Å². The van der Waals surface area contributed by atoms with Crippen LogP contribution in [0.1, 0.15) is 23.2 Å². The number of aromatic nitrogens is 1. The van der Waals surface area contributed by atoms with Crippen LogP contribution in [0.5, 0.6) is 0 Å². The van der Waals surface area contributed by atoms with Gasteiger partial charge in [0, 0.05) is 20.7 Å². The van der Waals surface area contributed by atoms with Crippen molar-refractivity contribution < 1.29 is 18.7 Å². The van der Waals surface area contributed by atoms with Gasteiger partial charge < -0.3 is 5.11 Å². The third kappa shape index (κ3) is 3.09. The number of alkyl halides is 3. The van der Waals surface area contributed by atoms with E-state index in [-0.39, 0.29) is 17.4 Å². The Balaban J connectivity index is 3.23. The van der Waals surface area contributed by atoms with E-state index in [4.69, 9.17) is 5.11 Å². The smallest absolute Gasteiger partial charge is 0.307 e. The maximum Gasteiger partial charge on any atom is 0.307 e. The Kier molecular flexibility index (Phi) is 5.03. The molecule has 3 nitrogen and oxygen atoms in total. The third-order valence-electron chi connectivity index (χ3n) is 1.90. The van der Waals surface area contributed by atoms with Crippen LogP contribution in [0, 0.1) is 3.57 Å². The Bertz CT molecular complexity index is 415. The molecule has 0 aliphatic heterocycles. The van der Waals surface area contributed by atoms with Crippen LogP contribution in [0.15, 0.2) is 6.20 Å². The second-order valence-electron chi connectivity index (χ2n) is 2.97. The fraction of sp³-hybridized carbons (Fsp3) is 0.333. The minimum absolute atomic E-state index is 0.214. The van der Waals surface area contributed by atoms with E-state index in [2.05, 4.69) is 20.9 Å². The Morgan fingerprint density at radius 3 is 2.69 bits per heavy atom. The summed E-state index contributed by atoms with van der Waals surface area (Å²) < 4.78 is 25.7. The number of hydrogen-bond donors (Lipinski definition) is 1.